The van der Waals surface area contributed by atoms with Gasteiger partial charge in [0, 0.05) is 11.0 Å². The van der Waals surface area contributed by atoms with Crippen molar-refractivity contribution in [2.75, 3.05) is 6.61 Å². The molecule has 2 saturated heterocycles. The molecule has 148 valence electrons. The Morgan fingerprint density at radius 3 is 2.74 bits per heavy atom. The number of ether oxygens (including phenoxy) is 3. The van der Waals surface area contributed by atoms with Gasteiger partial charge in [-0.25, -0.2) is 4.79 Å². The van der Waals surface area contributed by atoms with Crippen LogP contribution in [0.4, 0.5) is 0 Å². The van der Waals surface area contributed by atoms with Crippen LogP contribution in [-0.2, 0) is 19.0 Å². The maximum atomic E-state index is 12.1. The molecular weight excluding hydrogens is 372 g/mol. The van der Waals surface area contributed by atoms with Gasteiger partial charge in [0.1, 0.15) is 30.0 Å². The van der Waals surface area contributed by atoms with E-state index in [1.165, 1.54) is 0 Å². The fourth-order valence-electron chi connectivity index (χ4n) is 7.51. The van der Waals surface area contributed by atoms with E-state index in [9.17, 15) is 15.0 Å². The number of carbonyl (C=O) groups excluding carboxylic acids is 1. The van der Waals surface area contributed by atoms with Crippen molar-refractivity contribution in [2.24, 2.45) is 17.3 Å². The highest BCUT2D eigenvalue weighted by molar-refractivity contribution is 6.22. The van der Waals surface area contributed by atoms with Gasteiger partial charge in [0.15, 0.2) is 5.60 Å². The fourth-order valence-corrected chi connectivity index (χ4v) is 8.16. The van der Waals surface area contributed by atoms with Crippen molar-refractivity contribution >= 4 is 17.6 Å². The van der Waals surface area contributed by atoms with E-state index in [1.807, 2.05) is 13.8 Å². The second-order valence-electron chi connectivity index (χ2n) is 9.80. The molecule has 27 heavy (non-hydrogen) atoms. The largest absolute Gasteiger partial charge is 0.458 e. The molecule has 7 heteroatoms. The van der Waals surface area contributed by atoms with Crippen molar-refractivity contribution in [2.45, 2.75) is 80.5 Å². The monoisotopic (exact) mass is 396 g/mol. The van der Waals surface area contributed by atoms with Crippen molar-refractivity contribution in [1.82, 2.24) is 0 Å². The van der Waals surface area contributed by atoms with E-state index in [1.54, 1.807) is 0 Å². The van der Waals surface area contributed by atoms with Gasteiger partial charge in [-0.05, 0) is 36.7 Å². The van der Waals surface area contributed by atoms with Crippen LogP contribution in [0, 0.1) is 17.3 Å². The summed E-state index contributed by atoms with van der Waals surface area (Å²) in [6.07, 6.45) is -0.209. The first-order chi connectivity index (χ1) is 12.7. The second-order valence-corrected chi connectivity index (χ2v) is 10.3. The molecule has 0 aromatic carbocycles. The SMILES string of the molecule is CC(C)[C@@]12O[C@@H]3C[C@H]4C5=C(CC[C@]4(C)[C@@]4(O[C@H]4[C@H]1Cl)[C@]3(O)[C@@H]2O)C(=O)OC5. The van der Waals surface area contributed by atoms with Crippen molar-refractivity contribution < 1.29 is 29.2 Å². The Labute approximate surface area is 162 Å². The molecule has 0 unspecified atom stereocenters. The van der Waals surface area contributed by atoms with E-state index >= 15 is 0 Å². The summed E-state index contributed by atoms with van der Waals surface area (Å²) in [5.41, 5.74) is -2.09. The summed E-state index contributed by atoms with van der Waals surface area (Å²) >= 11 is 6.89. The molecule has 9 atom stereocenters. The lowest BCUT2D eigenvalue weighted by molar-refractivity contribution is -0.206. The Hall–Kier alpha value is -0.660. The lowest BCUT2D eigenvalue weighted by atomic mass is 9.45. The van der Waals surface area contributed by atoms with Crippen LogP contribution in [0.1, 0.15) is 40.0 Å². The lowest BCUT2D eigenvalue weighted by Crippen LogP contribution is -2.76. The van der Waals surface area contributed by atoms with Gasteiger partial charge in [-0.15, -0.1) is 11.6 Å². The first-order valence-corrected chi connectivity index (χ1v) is 10.4. The molecule has 3 aliphatic carbocycles. The van der Waals surface area contributed by atoms with Crippen LogP contribution in [0.2, 0.25) is 0 Å². The van der Waals surface area contributed by atoms with Gasteiger partial charge in [-0.3, -0.25) is 0 Å². The Balaban J connectivity index is 1.56. The van der Waals surface area contributed by atoms with Crippen LogP contribution < -0.4 is 0 Å². The number of alkyl halides is 1. The molecule has 4 fully saturated rings. The third kappa shape index (κ3) is 1.43. The molecule has 3 aliphatic heterocycles. The number of carbonyl (C=O) groups is 1. The number of aliphatic hydroxyl groups excluding tert-OH is 1. The molecule has 2 bridgehead atoms. The summed E-state index contributed by atoms with van der Waals surface area (Å²) in [5, 5.41) is 22.8. The highest BCUT2D eigenvalue weighted by Crippen LogP contribution is 2.77. The number of hydrogen-bond acceptors (Lipinski definition) is 6. The van der Waals surface area contributed by atoms with Gasteiger partial charge in [0.2, 0.25) is 0 Å². The zero-order chi connectivity index (χ0) is 19.1. The number of hydrogen-bond donors (Lipinski definition) is 2. The van der Waals surface area contributed by atoms with Gasteiger partial charge in [-0.1, -0.05) is 20.8 Å². The van der Waals surface area contributed by atoms with Crippen LogP contribution >= 0.6 is 11.6 Å². The van der Waals surface area contributed by atoms with Crippen molar-refractivity contribution in [3.63, 3.8) is 0 Å². The minimum Gasteiger partial charge on any atom is -0.458 e. The first-order valence-electron chi connectivity index (χ1n) is 9.95. The average molecular weight is 397 g/mol. The summed E-state index contributed by atoms with van der Waals surface area (Å²) in [5.74, 6) is -0.280. The standard InChI is InChI=1S/C20H25ClO6/c1-8(2)18-13(21)14-20(27-14)17(3)5-4-9-10(7-25-15(9)22)11(17)6-12(26-18)19(20,24)16(18)23/h8,11-14,16,23-24H,4-7H2,1-3H3/t11-,12+,13+,14-,16+,17-,18+,19+,20+/m0/s1. The number of fused-ring (bicyclic) bond motifs is 3. The Morgan fingerprint density at radius 1 is 1.30 bits per heavy atom. The van der Waals surface area contributed by atoms with Crippen molar-refractivity contribution in [1.29, 1.82) is 0 Å². The number of cyclic esters (lactones) is 1. The van der Waals surface area contributed by atoms with Crippen molar-refractivity contribution in [3.05, 3.63) is 11.1 Å². The third-order valence-electron chi connectivity index (χ3n) is 8.91. The van der Waals surface area contributed by atoms with E-state index in [-0.39, 0.29) is 23.9 Å². The van der Waals surface area contributed by atoms with Gasteiger partial charge in [-0.2, -0.15) is 0 Å². The highest BCUT2D eigenvalue weighted by Gasteiger charge is 2.94. The second kappa shape index (κ2) is 4.57. The number of aliphatic hydroxyl groups is 2. The first kappa shape index (κ1) is 17.2. The molecule has 0 aromatic heterocycles. The highest BCUT2D eigenvalue weighted by atomic mass is 35.5. The molecule has 6 nitrogen and oxygen atoms in total. The Bertz CT molecular complexity index is 810. The number of epoxide rings is 1. The molecule has 2 N–H and O–H groups in total. The van der Waals surface area contributed by atoms with Gasteiger partial charge >= 0.3 is 5.97 Å². The van der Waals surface area contributed by atoms with Crippen LogP contribution in [0.5, 0.6) is 0 Å². The maximum Gasteiger partial charge on any atom is 0.334 e. The quantitative estimate of drug-likeness (QED) is 0.394. The minimum absolute atomic E-state index is 0.0140. The number of rotatable bonds is 1. The lowest BCUT2D eigenvalue weighted by Gasteiger charge is -2.58. The topological polar surface area (TPSA) is 88.5 Å². The summed E-state index contributed by atoms with van der Waals surface area (Å²) in [7, 11) is 0. The maximum absolute atomic E-state index is 12.1. The van der Waals surface area contributed by atoms with E-state index in [2.05, 4.69) is 6.92 Å². The van der Waals surface area contributed by atoms with E-state index < -0.39 is 39.8 Å². The van der Waals surface area contributed by atoms with Crippen LogP contribution in [0.3, 0.4) is 0 Å². The summed E-state index contributed by atoms with van der Waals surface area (Å²) in [6.45, 7) is 6.36. The molecule has 1 spiro atoms. The van der Waals surface area contributed by atoms with E-state index in [0.717, 1.165) is 11.1 Å². The third-order valence-corrected chi connectivity index (χ3v) is 9.48. The predicted octanol–water partition coefficient (Wildman–Crippen LogP) is 1.30. The molecule has 2 saturated carbocycles. The zero-order valence-corrected chi connectivity index (χ0v) is 16.5. The van der Waals surface area contributed by atoms with Crippen LogP contribution in [0.25, 0.3) is 0 Å². The number of halogens is 1. The molecule has 0 radical (unpaired) electrons. The molecule has 0 amide bonds. The van der Waals surface area contributed by atoms with Gasteiger partial charge in [0.25, 0.3) is 0 Å². The molecule has 6 rings (SSSR count). The van der Waals surface area contributed by atoms with Crippen molar-refractivity contribution in [3.8, 4) is 0 Å². The molecule has 3 heterocycles. The average Bonchev–Trinajstić information content (AvgIpc) is 3.23. The van der Waals surface area contributed by atoms with Gasteiger partial charge in [0.05, 0.1) is 11.5 Å². The molecule has 0 aromatic rings. The number of esters is 1. The van der Waals surface area contributed by atoms with Crippen LogP contribution in [-0.4, -0.2) is 63.3 Å². The minimum atomic E-state index is -1.49. The fraction of sp³-hybridized carbons (Fsp3) is 0.850. The van der Waals surface area contributed by atoms with E-state index in [4.69, 9.17) is 25.8 Å². The van der Waals surface area contributed by atoms with Crippen LogP contribution in [0.15, 0.2) is 11.1 Å². The summed E-state index contributed by atoms with van der Waals surface area (Å²) in [6, 6.07) is 0. The predicted molar refractivity (Wildman–Crippen MR) is 94.1 cm³/mol. The zero-order valence-electron chi connectivity index (χ0n) is 15.7. The Kier molecular flexibility index (Phi) is 2.91. The summed E-state index contributed by atoms with van der Waals surface area (Å²) in [4.78, 5) is 12.1. The summed E-state index contributed by atoms with van der Waals surface area (Å²) < 4.78 is 18.1. The Morgan fingerprint density at radius 2 is 2.04 bits per heavy atom. The molecule has 6 aliphatic rings. The van der Waals surface area contributed by atoms with Gasteiger partial charge < -0.3 is 24.4 Å². The molecular formula is C20H25ClO6. The van der Waals surface area contributed by atoms with E-state index in [0.29, 0.717) is 25.9 Å². The normalized spacial score (nSPS) is 60.1. The smallest absolute Gasteiger partial charge is 0.334 e.